The Hall–Kier alpha value is -2.90. The van der Waals surface area contributed by atoms with E-state index in [1.54, 1.807) is 11.1 Å². The van der Waals surface area contributed by atoms with Gasteiger partial charge in [0.2, 0.25) is 0 Å². The molecule has 47 heavy (non-hydrogen) atoms. The van der Waals surface area contributed by atoms with Crippen molar-refractivity contribution in [1.29, 1.82) is 0 Å². The van der Waals surface area contributed by atoms with Crippen LogP contribution in [0, 0.1) is 13.8 Å². The van der Waals surface area contributed by atoms with Crippen LogP contribution in [0.2, 0.25) is 9.36 Å². The summed E-state index contributed by atoms with van der Waals surface area (Å²) in [5, 5.41) is 0. The Balaban J connectivity index is 1.34. The van der Waals surface area contributed by atoms with Gasteiger partial charge in [-0.15, -0.1) is 0 Å². The average Bonchev–Trinajstić information content (AvgIpc) is 3.61. The molecule has 0 amide bonds. The molecule has 1 saturated carbocycles. The fraction of sp³-hybridized carbons (Fsp3) is 0.370. The predicted octanol–water partition coefficient (Wildman–Crippen LogP) is 13.2. The van der Waals surface area contributed by atoms with Crippen molar-refractivity contribution in [2.24, 2.45) is 0 Å². The van der Waals surface area contributed by atoms with Crippen molar-refractivity contribution >= 4 is 15.4 Å². The summed E-state index contributed by atoms with van der Waals surface area (Å²) in [5.74, 6) is 0. The molecule has 1 fully saturated rings. The molecule has 0 aliphatic heterocycles. The molecule has 0 aromatic heterocycles. The topological polar surface area (TPSA) is 0 Å². The van der Waals surface area contributed by atoms with Gasteiger partial charge in [0.1, 0.15) is 0 Å². The molecule has 0 N–H and O–H groups in total. The van der Waals surface area contributed by atoms with E-state index < -0.39 is 18.0 Å². The molecule has 0 saturated heterocycles. The van der Waals surface area contributed by atoms with Gasteiger partial charge in [-0.05, 0) is 0 Å². The van der Waals surface area contributed by atoms with E-state index in [4.69, 9.17) is 0 Å². The number of aryl methyl sites for hydroxylation is 2. The third kappa shape index (κ3) is 5.13. The maximum absolute atomic E-state index is 3.91. The third-order valence-corrected chi connectivity index (χ3v) is 39.8. The Labute approximate surface area is 285 Å². The van der Waals surface area contributed by atoms with Crippen LogP contribution in [0.1, 0.15) is 113 Å². The Bertz CT molecular complexity index is 1920. The van der Waals surface area contributed by atoms with Crippen LogP contribution in [0.3, 0.4) is 0 Å². The van der Waals surface area contributed by atoms with Crippen molar-refractivity contribution in [2.75, 3.05) is 0 Å². The molecule has 2 unspecified atom stereocenters. The van der Waals surface area contributed by atoms with Crippen LogP contribution in [-0.4, -0.2) is 3.26 Å². The average molecular weight is 785 g/mol. The van der Waals surface area contributed by atoms with Crippen LogP contribution in [0.15, 0.2) is 84.9 Å². The molecule has 0 radical (unpaired) electrons. The SMILES string of the molecule is Cc1cc(C(C)(C)C)ccc1-c1cccc2c1C=C[CH]2[Hf]([CH3])([CH3])(=[C]1CCC1)[CH]1C=Cc2c(-c3ccc(C(C)(C)C)cc3C)cccc21. The van der Waals surface area contributed by atoms with Gasteiger partial charge in [0.05, 0.1) is 0 Å². The summed E-state index contributed by atoms with van der Waals surface area (Å²) in [6, 6.07) is 28.6. The van der Waals surface area contributed by atoms with E-state index in [9.17, 15) is 0 Å². The van der Waals surface area contributed by atoms with E-state index in [0.717, 1.165) is 0 Å². The van der Waals surface area contributed by atoms with Crippen LogP contribution in [-0.2, 0) is 28.8 Å². The van der Waals surface area contributed by atoms with Crippen LogP contribution >= 0.6 is 0 Å². The van der Waals surface area contributed by atoms with Gasteiger partial charge in [-0.1, -0.05) is 0 Å². The summed E-state index contributed by atoms with van der Waals surface area (Å²) in [6.45, 7) is 18.5. The summed E-state index contributed by atoms with van der Waals surface area (Å²) in [5.41, 5.74) is 17.5. The number of hydrogen-bond donors (Lipinski definition) is 0. The van der Waals surface area contributed by atoms with Gasteiger partial charge in [-0.2, -0.15) is 0 Å². The minimum absolute atomic E-state index is 0.151. The summed E-state index contributed by atoms with van der Waals surface area (Å²) in [4.78, 5) is 0. The molecule has 3 aliphatic rings. The summed E-state index contributed by atoms with van der Waals surface area (Å²) >= 11 is -3.91. The third-order valence-electron chi connectivity index (χ3n) is 12.6. The van der Waals surface area contributed by atoms with E-state index in [2.05, 4.69) is 162 Å². The minimum atomic E-state index is -3.91. The quantitative estimate of drug-likeness (QED) is 0.181. The fourth-order valence-electron chi connectivity index (χ4n) is 9.33. The van der Waals surface area contributed by atoms with E-state index in [0.29, 0.717) is 7.35 Å². The number of fused-ring (bicyclic) bond motifs is 2. The summed E-state index contributed by atoms with van der Waals surface area (Å²) in [6.07, 6.45) is 14.3. The Morgan fingerprint density at radius 3 is 1.32 bits per heavy atom. The first-order valence-electron chi connectivity index (χ1n) is 18.0. The molecule has 0 heterocycles. The van der Waals surface area contributed by atoms with Gasteiger partial charge >= 0.3 is 287 Å². The Morgan fingerprint density at radius 1 is 0.553 bits per heavy atom. The first kappa shape index (κ1) is 32.6. The van der Waals surface area contributed by atoms with Crippen molar-refractivity contribution in [2.45, 2.75) is 102 Å². The van der Waals surface area contributed by atoms with Crippen molar-refractivity contribution in [3.05, 3.63) is 129 Å². The zero-order valence-electron chi connectivity index (χ0n) is 30.5. The molecule has 1 heteroatoms. The van der Waals surface area contributed by atoms with E-state index in [1.165, 1.54) is 74.9 Å². The fourth-order valence-corrected chi connectivity index (χ4v) is 34.5. The van der Waals surface area contributed by atoms with Gasteiger partial charge in [0.15, 0.2) is 0 Å². The first-order chi connectivity index (χ1) is 22.1. The Morgan fingerprint density at radius 2 is 0.979 bits per heavy atom. The second kappa shape index (κ2) is 11.1. The van der Waals surface area contributed by atoms with Crippen LogP contribution in [0.5, 0.6) is 0 Å². The number of allylic oxidation sites excluding steroid dienone is 2. The maximum atomic E-state index is 2.83. The number of hydrogen-bond acceptors (Lipinski definition) is 0. The first-order valence-corrected chi connectivity index (χ1v) is 31.1. The van der Waals surface area contributed by atoms with Crippen molar-refractivity contribution in [3.8, 4) is 22.3 Å². The number of benzene rings is 4. The second-order valence-corrected chi connectivity index (χ2v) is 43.7. The summed E-state index contributed by atoms with van der Waals surface area (Å²) < 4.78 is 8.63. The predicted molar refractivity (Wildman–Crippen MR) is 205 cm³/mol. The molecule has 2 atom stereocenters. The van der Waals surface area contributed by atoms with Crippen molar-refractivity contribution in [3.63, 3.8) is 0 Å². The molecule has 0 bridgehead atoms. The second-order valence-electron chi connectivity index (χ2n) is 17.9. The molecule has 3 aliphatic carbocycles. The standard InChI is InChI=1S/2C20H21.C4H6.2CH3.Hf/c2*1-14-13-16(20(2,3)4)11-12-17(14)19-10-6-8-15-7-5-9-18(15)19;1-2-4-3-1;;;/h2*5-13H,1-4H3;1-3H2;2*1H3;. The molecule has 4 aromatic rings. The normalized spacial score (nSPS) is 19.2. The van der Waals surface area contributed by atoms with Gasteiger partial charge in [-0.3, -0.25) is 0 Å². The van der Waals surface area contributed by atoms with E-state index in [1.807, 2.05) is 3.26 Å². The molecular weight excluding hydrogens is 731 g/mol. The van der Waals surface area contributed by atoms with Crippen LogP contribution in [0.4, 0.5) is 0 Å². The van der Waals surface area contributed by atoms with Gasteiger partial charge in [-0.25, -0.2) is 0 Å². The van der Waals surface area contributed by atoms with E-state index >= 15 is 0 Å². The van der Waals surface area contributed by atoms with Crippen LogP contribution < -0.4 is 0 Å². The Kier molecular flexibility index (Phi) is 7.68. The van der Waals surface area contributed by atoms with Gasteiger partial charge < -0.3 is 0 Å². The number of rotatable bonds is 4. The molecule has 4 aromatic carbocycles. The molecule has 242 valence electrons. The van der Waals surface area contributed by atoms with Crippen molar-refractivity contribution < 1.29 is 18.0 Å². The monoisotopic (exact) mass is 786 g/mol. The molecular formula is C46H54Hf. The van der Waals surface area contributed by atoms with Gasteiger partial charge in [0, 0.05) is 0 Å². The summed E-state index contributed by atoms with van der Waals surface area (Å²) in [7, 11) is 0. The van der Waals surface area contributed by atoms with E-state index in [-0.39, 0.29) is 10.8 Å². The molecule has 0 nitrogen and oxygen atoms in total. The molecule has 7 rings (SSSR count). The zero-order valence-corrected chi connectivity index (χ0v) is 34.1. The van der Waals surface area contributed by atoms with Gasteiger partial charge in [0.25, 0.3) is 0 Å². The van der Waals surface area contributed by atoms with Crippen LogP contribution in [0.25, 0.3) is 34.4 Å². The molecule has 0 spiro atoms. The zero-order chi connectivity index (χ0) is 33.5. The van der Waals surface area contributed by atoms with Crippen molar-refractivity contribution in [1.82, 2.24) is 0 Å².